The first-order valence-corrected chi connectivity index (χ1v) is 11.0. The zero-order valence-corrected chi connectivity index (χ0v) is 18.6. The number of nitrogens with zero attached hydrogens (tertiary/aromatic N) is 2. The molecule has 1 aromatic rings. The highest BCUT2D eigenvalue weighted by Crippen LogP contribution is 2.21. The molecule has 0 bridgehead atoms. The summed E-state index contributed by atoms with van der Waals surface area (Å²) in [6, 6.07) is 3.16. The second kappa shape index (κ2) is 10.3. The second-order valence-electron chi connectivity index (χ2n) is 9.19. The molecule has 1 amide bonds. The summed E-state index contributed by atoms with van der Waals surface area (Å²) in [7, 11) is 0. The molecule has 9 nitrogen and oxygen atoms in total. The van der Waals surface area contributed by atoms with Crippen molar-refractivity contribution in [3.63, 3.8) is 0 Å². The van der Waals surface area contributed by atoms with E-state index in [4.69, 9.17) is 9.47 Å². The summed E-state index contributed by atoms with van der Waals surface area (Å²) in [6.07, 6.45) is 2.77. The first-order valence-electron chi connectivity index (χ1n) is 11.0. The number of fused-ring (bicyclic) bond motifs is 1. The van der Waals surface area contributed by atoms with Crippen LogP contribution < -0.4 is 10.6 Å². The van der Waals surface area contributed by atoms with Crippen molar-refractivity contribution in [2.24, 2.45) is 0 Å². The van der Waals surface area contributed by atoms with Gasteiger partial charge in [-0.25, -0.2) is 14.6 Å². The first kappa shape index (κ1) is 23.3. The molecule has 3 N–H and O–H groups in total. The van der Waals surface area contributed by atoms with Crippen LogP contribution in [0.4, 0.5) is 10.6 Å². The molecule has 2 aliphatic heterocycles. The third kappa shape index (κ3) is 7.36. The maximum atomic E-state index is 11.9. The average molecular weight is 435 g/mol. The number of hydrogen-bond donors (Lipinski definition) is 3. The molecule has 3 heterocycles. The number of aliphatic carboxylic acids is 1. The number of aryl methyl sites for hydroxylation is 1. The SMILES string of the molecule is CC(C)(C)OC(=O)NC(CCN1CCC(OCc2ccc3c(n2)NCCC3)C1)C(=O)O. The van der Waals surface area contributed by atoms with E-state index in [1.54, 1.807) is 20.8 Å². The number of pyridine rings is 1. The molecule has 31 heavy (non-hydrogen) atoms. The number of alkyl carbamates (subject to hydrolysis) is 1. The Morgan fingerprint density at radius 3 is 2.94 bits per heavy atom. The van der Waals surface area contributed by atoms with Gasteiger partial charge in [0.1, 0.15) is 17.5 Å². The molecule has 2 atom stereocenters. The van der Waals surface area contributed by atoms with Crippen molar-refractivity contribution >= 4 is 17.9 Å². The number of aromatic nitrogens is 1. The van der Waals surface area contributed by atoms with E-state index >= 15 is 0 Å². The zero-order chi connectivity index (χ0) is 22.4. The highest BCUT2D eigenvalue weighted by Gasteiger charge is 2.27. The van der Waals surface area contributed by atoms with Crippen LogP contribution in [0, 0.1) is 0 Å². The monoisotopic (exact) mass is 434 g/mol. The van der Waals surface area contributed by atoms with Gasteiger partial charge in [0.2, 0.25) is 0 Å². The van der Waals surface area contributed by atoms with Gasteiger partial charge in [0.25, 0.3) is 0 Å². The van der Waals surface area contributed by atoms with E-state index in [-0.39, 0.29) is 6.10 Å². The number of anilines is 1. The highest BCUT2D eigenvalue weighted by atomic mass is 16.6. The number of carboxylic acids is 1. The Morgan fingerprint density at radius 2 is 2.19 bits per heavy atom. The van der Waals surface area contributed by atoms with E-state index in [0.717, 1.165) is 50.4 Å². The molecule has 3 rings (SSSR count). The van der Waals surface area contributed by atoms with Gasteiger partial charge in [0.15, 0.2) is 0 Å². The van der Waals surface area contributed by atoms with Crippen molar-refractivity contribution < 1.29 is 24.2 Å². The lowest BCUT2D eigenvalue weighted by Crippen LogP contribution is -2.45. The number of carbonyl (C=O) groups excluding carboxylic acids is 1. The van der Waals surface area contributed by atoms with E-state index in [1.807, 2.05) is 6.07 Å². The Labute approximate surface area is 183 Å². The Morgan fingerprint density at radius 1 is 1.39 bits per heavy atom. The lowest BCUT2D eigenvalue weighted by molar-refractivity contribution is -0.139. The topological polar surface area (TPSA) is 113 Å². The molecular weight excluding hydrogens is 400 g/mol. The highest BCUT2D eigenvalue weighted by molar-refractivity contribution is 5.80. The summed E-state index contributed by atoms with van der Waals surface area (Å²) < 4.78 is 11.2. The van der Waals surface area contributed by atoms with Crippen LogP contribution in [-0.4, -0.2) is 71.0 Å². The van der Waals surface area contributed by atoms with Crippen molar-refractivity contribution in [1.29, 1.82) is 0 Å². The van der Waals surface area contributed by atoms with E-state index in [1.165, 1.54) is 5.56 Å². The molecule has 0 aliphatic carbocycles. The minimum Gasteiger partial charge on any atom is -0.480 e. The fraction of sp³-hybridized carbons (Fsp3) is 0.682. The average Bonchev–Trinajstić information content (AvgIpc) is 3.15. The summed E-state index contributed by atoms with van der Waals surface area (Å²) in [5, 5.41) is 15.2. The summed E-state index contributed by atoms with van der Waals surface area (Å²) in [6.45, 7) is 8.78. The molecule has 0 aromatic carbocycles. The van der Waals surface area contributed by atoms with Crippen LogP contribution in [0.1, 0.15) is 51.3 Å². The Hall–Kier alpha value is -2.39. The van der Waals surface area contributed by atoms with Crippen LogP contribution in [-0.2, 0) is 27.3 Å². The smallest absolute Gasteiger partial charge is 0.408 e. The third-order valence-corrected chi connectivity index (χ3v) is 5.37. The van der Waals surface area contributed by atoms with Gasteiger partial charge in [-0.1, -0.05) is 6.07 Å². The van der Waals surface area contributed by atoms with E-state index in [9.17, 15) is 14.7 Å². The molecule has 0 radical (unpaired) electrons. The Kier molecular flexibility index (Phi) is 7.72. The van der Waals surface area contributed by atoms with E-state index in [2.05, 4.69) is 26.6 Å². The number of amides is 1. The molecule has 1 fully saturated rings. The van der Waals surface area contributed by atoms with Crippen molar-refractivity contribution in [1.82, 2.24) is 15.2 Å². The maximum Gasteiger partial charge on any atom is 0.408 e. The van der Waals surface area contributed by atoms with Gasteiger partial charge in [-0.15, -0.1) is 0 Å². The number of nitrogens with one attached hydrogen (secondary N) is 2. The minimum absolute atomic E-state index is 0.0906. The van der Waals surface area contributed by atoms with Crippen LogP contribution in [0.25, 0.3) is 0 Å². The number of ether oxygens (including phenoxy) is 2. The molecular formula is C22H34N4O5. The van der Waals surface area contributed by atoms with Crippen molar-refractivity contribution in [2.45, 2.75) is 70.8 Å². The summed E-state index contributed by atoms with van der Waals surface area (Å²) in [4.78, 5) is 30.2. The molecule has 1 aromatic heterocycles. The normalized spacial score (nSPS) is 19.9. The number of carboxylic acid groups (broad SMARTS) is 1. The van der Waals surface area contributed by atoms with Crippen LogP contribution in [0.3, 0.4) is 0 Å². The number of rotatable bonds is 8. The van der Waals surface area contributed by atoms with Crippen molar-refractivity contribution in [3.05, 3.63) is 23.4 Å². The maximum absolute atomic E-state index is 11.9. The summed E-state index contributed by atoms with van der Waals surface area (Å²) in [5.74, 6) is -0.0949. The molecule has 1 saturated heterocycles. The van der Waals surface area contributed by atoms with Gasteiger partial charge in [-0.2, -0.15) is 0 Å². The van der Waals surface area contributed by atoms with Gasteiger partial charge in [-0.3, -0.25) is 0 Å². The molecule has 2 aliphatic rings. The predicted molar refractivity (Wildman–Crippen MR) is 116 cm³/mol. The first-order chi connectivity index (χ1) is 14.7. The van der Waals surface area contributed by atoms with Gasteiger partial charge < -0.3 is 30.1 Å². The van der Waals surface area contributed by atoms with Crippen LogP contribution in [0.2, 0.25) is 0 Å². The predicted octanol–water partition coefficient (Wildman–Crippen LogP) is 2.40. The number of hydrogen-bond acceptors (Lipinski definition) is 7. The van der Waals surface area contributed by atoms with Crippen LogP contribution in [0.5, 0.6) is 0 Å². The van der Waals surface area contributed by atoms with Gasteiger partial charge >= 0.3 is 12.1 Å². The van der Waals surface area contributed by atoms with E-state index < -0.39 is 23.7 Å². The van der Waals surface area contributed by atoms with Gasteiger partial charge in [0.05, 0.1) is 18.4 Å². The van der Waals surface area contributed by atoms with Crippen LogP contribution >= 0.6 is 0 Å². The largest absolute Gasteiger partial charge is 0.480 e. The fourth-order valence-electron chi connectivity index (χ4n) is 3.81. The number of likely N-dealkylation sites (tertiary alicyclic amines) is 1. The lowest BCUT2D eigenvalue weighted by atomic mass is 10.1. The van der Waals surface area contributed by atoms with E-state index in [0.29, 0.717) is 19.6 Å². The fourth-order valence-corrected chi connectivity index (χ4v) is 3.81. The molecule has 0 spiro atoms. The van der Waals surface area contributed by atoms with Crippen LogP contribution in [0.15, 0.2) is 12.1 Å². The Balaban J connectivity index is 1.41. The zero-order valence-electron chi connectivity index (χ0n) is 18.6. The van der Waals surface area contributed by atoms with Gasteiger partial charge in [0, 0.05) is 26.2 Å². The standard InChI is InChI=1S/C22H34N4O5/c1-22(2,3)31-21(29)25-18(20(27)28)9-12-26-11-8-17(13-26)30-14-16-7-6-15-5-4-10-23-19(15)24-16/h6-7,17-18H,4-5,8-14H2,1-3H3,(H,23,24)(H,25,29)(H,27,28). The summed E-state index contributed by atoms with van der Waals surface area (Å²) in [5.41, 5.74) is 1.50. The molecule has 0 saturated carbocycles. The van der Waals surface area contributed by atoms with Gasteiger partial charge in [-0.05, 0) is 58.1 Å². The van der Waals surface area contributed by atoms with Crippen molar-refractivity contribution in [2.75, 3.05) is 31.5 Å². The molecule has 2 unspecified atom stereocenters. The molecule has 172 valence electrons. The summed E-state index contributed by atoms with van der Waals surface area (Å²) >= 11 is 0. The third-order valence-electron chi connectivity index (χ3n) is 5.37. The molecule has 9 heteroatoms. The lowest BCUT2D eigenvalue weighted by Gasteiger charge is -2.23. The second-order valence-corrected chi connectivity index (χ2v) is 9.19. The number of carbonyl (C=O) groups is 2. The minimum atomic E-state index is -1.06. The Bertz CT molecular complexity index is 780. The quantitative estimate of drug-likeness (QED) is 0.572. The van der Waals surface area contributed by atoms with Crippen molar-refractivity contribution in [3.8, 4) is 0 Å².